The number of halogens is 3. The molecule has 2 aliphatic heterocycles. The van der Waals surface area contributed by atoms with Gasteiger partial charge in [0.2, 0.25) is 11.8 Å². The van der Waals surface area contributed by atoms with Crippen LogP contribution in [-0.4, -0.2) is 52.6 Å². The van der Waals surface area contributed by atoms with E-state index in [4.69, 9.17) is 0 Å². The number of hydrogen-bond donors (Lipinski definition) is 2. The lowest BCUT2D eigenvalue weighted by Gasteiger charge is -2.45. The van der Waals surface area contributed by atoms with Gasteiger partial charge in [-0.25, -0.2) is 0 Å². The van der Waals surface area contributed by atoms with E-state index in [-0.39, 0.29) is 31.2 Å². The van der Waals surface area contributed by atoms with Crippen molar-refractivity contribution in [3.8, 4) is 0 Å². The molecule has 2 aliphatic rings. The van der Waals surface area contributed by atoms with Crippen LogP contribution in [0.5, 0.6) is 0 Å². The Morgan fingerprint density at radius 1 is 1.28 bits per heavy atom. The van der Waals surface area contributed by atoms with Gasteiger partial charge in [0.15, 0.2) is 0 Å². The zero-order chi connectivity index (χ0) is 23.1. The lowest BCUT2D eigenvalue weighted by atomic mass is 9.74. The number of aromatic nitrogens is 1. The standard InChI is InChI=1S/C23H26F3N3O3/c1-2-29-8-7-22(32,17(13-29)11-23(24,25)26)16-3-5-19-14(10-16)9-15(12-27-19)18-4-6-20(30)28-21(18)31/h3,5,9-10,12,17-18,32H,2,4,6-8,11,13H2,1H3,(H,28,30,31). The summed E-state index contributed by atoms with van der Waals surface area (Å²) in [6.45, 7) is 3.20. The first kappa shape index (κ1) is 22.7. The molecule has 0 aliphatic carbocycles. The molecule has 3 unspecified atom stereocenters. The molecule has 2 fully saturated rings. The van der Waals surface area contributed by atoms with Crippen LogP contribution < -0.4 is 5.32 Å². The molecule has 2 saturated heterocycles. The topological polar surface area (TPSA) is 82.5 Å². The van der Waals surface area contributed by atoms with Crippen LogP contribution in [0.3, 0.4) is 0 Å². The number of rotatable bonds is 4. The quantitative estimate of drug-likeness (QED) is 0.701. The predicted octanol–water partition coefficient (Wildman–Crippen LogP) is 3.24. The summed E-state index contributed by atoms with van der Waals surface area (Å²) >= 11 is 0. The SMILES string of the molecule is CCN1CCC(O)(c2ccc3ncc(C4CCC(=O)NC4=O)cc3c2)C(CC(F)(F)F)C1. The van der Waals surface area contributed by atoms with Gasteiger partial charge >= 0.3 is 6.18 Å². The minimum atomic E-state index is -4.38. The Labute approximate surface area is 183 Å². The summed E-state index contributed by atoms with van der Waals surface area (Å²) in [5.41, 5.74) is 0.0725. The largest absolute Gasteiger partial charge is 0.389 e. The number of amides is 2. The zero-order valence-electron chi connectivity index (χ0n) is 17.8. The highest BCUT2D eigenvalue weighted by atomic mass is 19.4. The molecular weight excluding hydrogens is 423 g/mol. The van der Waals surface area contributed by atoms with Crippen molar-refractivity contribution >= 4 is 22.7 Å². The number of likely N-dealkylation sites (tertiary alicyclic amines) is 1. The van der Waals surface area contributed by atoms with Crippen LogP contribution in [-0.2, 0) is 15.2 Å². The third kappa shape index (κ3) is 4.49. The average Bonchev–Trinajstić information content (AvgIpc) is 2.73. The second-order valence-corrected chi connectivity index (χ2v) is 8.76. The van der Waals surface area contributed by atoms with Crippen LogP contribution in [0.25, 0.3) is 10.9 Å². The maximum absolute atomic E-state index is 13.3. The zero-order valence-corrected chi connectivity index (χ0v) is 17.8. The van der Waals surface area contributed by atoms with Gasteiger partial charge in [-0.3, -0.25) is 19.9 Å². The number of pyridine rings is 1. The number of nitrogens with zero attached hydrogens (tertiary/aromatic N) is 2. The van der Waals surface area contributed by atoms with Gasteiger partial charge in [-0.05, 0) is 48.7 Å². The molecule has 2 amide bonds. The van der Waals surface area contributed by atoms with Gasteiger partial charge in [0.1, 0.15) is 0 Å². The summed E-state index contributed by atoms with van der Waals surface area (Å²) in [5.74, 6) is -2.19. The van der Waals surface area contributed by atoms with Crippen LogP contribution >= 0.6 is 0 Å². The molecule has 2 N–H and O–H groups in total. The molecule has 1 aromatic heterocycles. The first-order valence-corrected chi connectivity index (χ1v) is 10.8. The third-order valence-electron chi connectivity index (χ3n) is 6.73. The average molecular weight is 449 g/mol. The van der Waals surface area contributed by atoms with E-state index < -0.39 is 30.0 Å². The van der Waals surface area contributed by atoms with Gasteiger partial charge in [0.05, 0.1) is 23.5 Å². The third-order valence-corrected chi connectivity index (χ3v) is 6.73. The van der Waals surface area contributed by atoms with Crippen molar-refractivity contribution in [3.63, 3.8) is 0 Å². The second kappa shape index (κ2) is 8.44. The Hall–Kier alpha value is -2.52. The van der Waals surface area contributed by atoms with Gasteiger partial charge in [-0.15, -0.1) is 0 Å². The lowest BCUT2D eigenvalue weighted by Crippen LogP contribution is -2.51. The number of aliphatic hydroxyl groups is 1. The van der Waals surface area contributed by atoms with Crippen molar-refractivity contribution in [1.29, 1.82) is 0 Å². The second-order valence-electron chi connectivity index (χ2n) is 8.76. The smallest absolute Gasteiger partial charge is 0.385 e. The van der Waals surface area contributed by atoms with Gasteiger partial charge < -0.3 is 10.0 Å². The molecule has 2 aromatic rings. The summed E-state index contributed by atoms with van der Waals surface area (Å²) in [6, 6.07) is 6.79. The summed E-state index contributed by atoms with van der Waals surface area (Å²) in [7, 11) is 0. The maximum atomic E-state index is 13.3. The number of alkyl halides is 3. The highest BCUT2D eigenvalue weighted by Crippen LogP contribution is 2.43. The number of nitrogens with one attached hydrogen (secondary N) is 1. The monoisotopic (exact) mass is 449 g/mol. The summed E-state index contributed by atoms with van der Waals surface area (Å²) in [6.07, 6.45) is -3.04. The number of fused-ring (bicyclic) bond motifs is 1. The Morgan fingerprint density at radius 3 is 2.75 bits per heavy atom. The van der Waals surface area contributed by atoms with E-state index in [0.717, 1.165) is 0 Å². The Kier molecular flexibility index (Phi) is 5.98. The van der Waals surface area contributed by atoms with Gasteiger partial charge in [0.25, 0.3) is 0 Å². The van der Waals surface area contributed by atoms with E-state index in [9.17, 15) is 27.9 Å². The van der Waals surface area contributed by atoms with E-state index in [1.165, 1.54) is 0 Å². The first-order chi connectivity index (χ1) is 15.1. The van der Waals surface area contributed by atoms with E-state index in [1.807, 2.05) is 11.8 Å². The van der Waals surface area contributed by atoms with Crippen molar-refractivity contribution in [3.05, 3.63) is 41.6 Å². The van der Waals surface area contributed by atoms with Crippen molar-refractivity contribution in [2.45, 2.75) is 50.3 Å². The molecule has 9 heteroatoms. The fourth-order valence-corrected chi connectivity index (χ4v) is 4.89. The predicted molar refractivity (Wildman–Crippen MR) is 112 cm³/mol. The molecule has 4 rings (SSSR count). The van der Waals surface area contributed by atoms with Crippen LogP contribution in [0.15, 0.2) is 30.5 Å². The number of carbonyl (C=O) groups excluding carboxylic acids is 2. The molecule has 3 atom stereocenters. The molecule has 32 heavy (non-hydrogen) atoms. The molecule has 0 bridgehead atoms. The highest BCUT2D eigenvalue weighted by Gasteiger charge is 2.47. The van der Waals surface area contributed by atoms with Gasteiger partial charge in [-0.1, -0.05) is 13.0 Å². The Bertz CT molecular complexity index is 1040. The fourth-order valence-electron chi connectivity index (χ4n) is 4.89. The number of imide groups is 1. The van der Waals surface area contributed by atoms with E-state index >= 15 is 0 Å². The molecule has 0 saturated carbocycles. The van der Waals surface area contributed by atoms with Crippen LogP contribution in [0.2, 0.25) is 0 Å². The summed E-state index contributed by atoms with van der Waals surface area (Å²) in [5, 5.41) is 14.4. The summed E-state index contributed by atoms with van der Waals surface area (Å²) < 4.78 is 39.9. The molecular formula is C23H26F3N3O3. The van der Waals surface area contributed by atoms with E-state index in [1.54, 1.807) is 30.5 Å². The van der Waals surface area contributed by atoms with Crippen LogP contribution in [0, 0.1) is 5.92 Å². The minimum Gasteiger partial charge on any atom is -0.385 e. The van der Waals surface area contributed by atoms with E-state index in [2.05, 4.69) is 10.3 Å². The van der Waals surface area contributed by atoms with Crippen LogP contribution in [0.1, 0.15) is 49.7 Å². The molecule has 172 valence electrons. The number of carbonyl (C=O) groups is 2. The van der Waals surface area contributed by atoms with Crippen LogP contribution in [0.4, 0.5) is 13.2 Å². The molecule has 0 spiro atoms. The first-order valence-electron chi connectivity index (χ1n) is 10.8. The van der Waals surface area contributed by atoms with Crippen molar-refractivity contribution in [2.75, 3.05) is 19.6 Å². The lowest BCUT2D eigenvalue weighted by molar-refractivity contribution is -0.179. The highest BCUT2D eigenvalue weighted by molar-refractivity contribution is 6.01. The Morgan fingerprint density at radius 2 is 2.06 bits per heavy atom. The van der Waals surface area contributed by atoms with Gasteiger partial charge in [-0.2, -0.15) is 13.2 Å². The Balaban J connectivity index is 1.69. The molecule has 6 nitrogen and oxygen atoms in total. The summed E-state index contributed by atoms with van der Waals surface area (Å²) in [4.78, 5) is 30.0. The molecule has 3 heterocycles. The molecule has 1 aromatic carbocycles. The van der Waals surface area contributed by atoms with E-state index in [0.29, 0.717) is 41.5 Å². The fraction of sp³-hybridized carbons (Fsp3) is 0.522. The van der Waals surface area contributed by atoms with Crippen molar-refractivity contribution in [1.82, 2.24) is 15.2 Å². The van der Waals surface area contributed by atoms with Crippen molar-refractivity contribution in [2.24, 2.45) is 5.92 Å². The van der Waals surface area contributed by atoms with Crippen molar-refractivity contribution < 1.29 is 27.9 Å². The van der Waals surface area contributed by atoms with Gasteiger partial charge in [0, 0.05) is 37.0 Å². The maximum Gasteiger partial charge on any atom is 0.389 e. The normalized spacial score (nSPS) is 27.5. The molecule has 0 radical (unpaired) electrons. The number of piperidine rings is 2. The number of benzene rings is 1. The number of hydrogen-bond acceptors (Lipinski definition) is 5. The minimum absolute atomic E-state index is 0.166.